The highest BCUT2D eigenvalue weighted by atomic mass is 16.5. The van der Waals surface area contributed by atoms with Crippen LogP contribution < -0.4 is 15.8 Å². The first-order valence-corrected chi connectivity index (χ1v) is 6.66. The molecule has 6 heteroatoms. The van der Waals surface area contributed by atoms with Crippen LogP contribution in [-0.2, 0) is 16.0 Å². The highest BCUT2D eigenvalue weighted by molar-refractivity contribution is 5.80. The van der Waals surface area contributed by atoms with E-state index >= 15 is 0 Å². The molecule has 2 unspecified atom stereocenters. The van der Waals surface area contributed by atoms with Gasteiger partial charge in [0.1, 0.15) is 5.75 Å². The molecule has 0 saturated heterocycles. The first kappa shape index (κ1) is 16.4. The van der Waals surface area contributed by atoms with Crippen LogP contribution in [0, 0.1) is 0 Å². The Bertz CT molecular complexity index is 407. The van der Waals surface area contributed by atoms with Crippen molar-refractivity contribution in [2.45, 2.75) is 32.4 Å². The molecular weight excluding hydrogens is 258 g/mol. The fraction of sp³-hybridized carbons (Fsp3) is 0.571. The SMILES string of the molecule is COCCNC(=O)C(C)Oc1ccc(CC(C)N)nc1. The van der Waals surface area contributed by atoms with Gasteiger partial charge in [0.15, 0.2) is 6.10 Å². The zero-order valence-electron chi connectivity index (χ0n) is 12.3. The fourth-order valence-corrected chi connectivity index (χ4v) is 1.61. The average Bonchev–Trinajstić information content (AvgIpc) is 2.40. The molecule has 112 valence electrons. The average molecular weight is 281 g/mol. The van der Waals surface area contributed by atoms with Crippen molar-refractivity contribution in [3.8, 4) is 5.75 Å². The summed E-state index contributed by atoms with van der Waals surface area (Å²) in [5.74, 6) is 0.384. The molecule has 0 saturated carbocycles. The maximum atomic E-state index is 11.7. The lowest BCUT2D eigenvalue weighted by Gasteiger charge is -2.14. The Morgan fingerprint density at radius 3 is 2.75 bits per heavy atom. The minimum absolute atomic E-state index is 0.0692. The van der Waals surface area contributed by atoms with Crippen molar-refractivity contribution in [2.24, 2.45) is 5.73 Å². The minimum atomic E-state index is -0.576. The van der Waals surface area contributed by atoms with E-state index in [1.54, 1.807) is 26.3 Å². The second-order valence-electron chi connectivity index (χ2n) is 4.71. The lowest BCUT2D eigenvalue weighted by molar-refractivity contribution is -0.127. The summed E-state index contributed by atoms with van der Waals surface area (Å²) < 4.78 is 10.4. The van der Waals surface area contributed by atoms with E-state index < -0.39 is 6.10 Å². The summed E-state index contributed by atoms with van der Waals surface area (Å²) in [6.07, 6.45) is 1.75. The van der Waals surface area contributed by atoms with Crippen LogP contribution in [0.5, 0.6) is 5.75 Å². The van der Waals surface area contributed by atoms with Gasteiger partial charge in [-0.1, -0.05) is 0 Å². The Morgan fingerprint density at radius 2 is 2.20 bits per heavy atom. The molecule has 1 aromatic heterocycles. The number of ether oxygens (including phenoxy) is 2. The van der Waals surface area contributed by atoms with Crippen molar-refractivity contribution in [3.63, 3.8) is 0 Å². The third kappa shape index (κ3) is 5.99. The molecule has 2 atom stereocenters. The zero-order chi connectivity index (χ0) is 15.0. The van der Waals surface area contributed by atoms with Crippen LogP contribution in [0.4, 0.5) is 0 Å². The number of rotatable bonds is 8. The molecule has 0 fully saturated rings. The summed E-state index contributed by atoms with van der Waals surface area (Å²) >= 11 is 0. The van der Waals surface area contributed by atoms with Crippen LogP contribution in [-0.4, -0.2) is 43.3 Å². The van der Waals surface area contributed by atoms with Gasteiger partial charge in [0.25, 0.3) is 5.91 Å². The van der Waals surface area contributed by atoms with Gasteiger partial charge in [0.2, 0.25) is 0 Å². The molecule has 20 heavy (non-hydrogen) atoms. The topological polar surface area (TPSA) is 86.5 Å². The highest BCUT2D eigenvalue weighted by Gasteiger charge is 2.14. The van der Waals surface area contributed by atoms with Crippen LogP contribution >= 0.6 is 0 Å². The van der Waals surface area contributed by atoms with Crippen LogP contribution in [0.15, 0.2) is 18.3 Å². The number of nitrogens with one attached hydrogen (secondary N) is 1. The Hall–Kier alpha value is -1.66. The Labute approximate surface area is 119 Å². The highest BCUT2D eigenvalue weighted by Crippen LogP contribution is 2.12. The van der Waals surface area contributed by atoms with E-state index in [1.807, 2.05) is 13.0 Å². The molecule has 0 aliphatic carbocycles. The normalized spacial score (nSPS) is 13.6. The number of nitrogens with two attached hydrogens (primary N) is 1. The molecule has 0 spiro atoms. The van der Waals surface area contributed by atoms with E-state index in [4.69, 9.17) is 15.2 Å². The van der Waals surface area contributed by atoms with E-state index in [0.717, 1.165) is 5.69 Å². The van der Waals surface area contributed by atoms with Gasteiger partial charge in [0, 0.05) is 31.8 Å². The lowest BCUT2D eigenvalue weighted by atomic mass is 10.2. The standard InChI is InChI=1S/C14H23N3O3/c1-10(15)8-12-4-5-13(9-17-12)20-11(2)14(18)16-6-7-19-3/h4-5,9-11H,6-8,15H2,1-3H3,(H,16,18). The number of methoxy groups -OCH3 is 1. The summed E-state index contributed by atoms with van der Waals surface area (Å²) in [6.45, 7) is 4.57. The summed E-state index contributed by atoms with van der Waals surface area (Å²) in [5, 5.41) is 2.72. The maximum Gasteiger partial charge on any atom is 0.260 e. The number of aromatic nitrogens is 1. The number of pyridine rings is 1. The molecular formula is C14H23N3O3. The van der Waals surface area contributed by atoms with Crippen LogP contribution in [0.3, 0.4) is 0 Å². The van der Waals surface area contributed by atoms with Crippen LogP contribution in [0.1, 0.15) is 19.5 Å². The maximum absolute atomic E-state index is 11.7. The van der Waals surface area contributed by atoms with E-state index in [9.17, 15) is 4.79 Å². The number of carbonyl (C=O) groups is 1. The largest absolute Gasteiger partial charge is 0.479 e. The molecule has 1 amide bonds. The second kappa shape index (κ2) is 8.50. The molecule has 0 aliphatic rings. The minimum Gasteiger partial charge on any atom is -0.479 e. The summed E-state index contributed by atoms with van der Waals surface area (Å²) in [7, 11) is 1.58. The van der Waals surface area contributed by atoms with Gasteiger partial charge in [-0.15, -0.1) is 0 Å². The van der Waals surface area contributed by atoms with Gasteiger partial charge in [-0.2, -0.15) is 0 Å². The van der Waals surface area contributed by atoms with E-state index in [0.29, 0.717) is 25.3 Å². The van der Waals surface area contributed by atoms with Crippen LogP contribution in [0.2, 0.25) is 0 Å². The molecule has 0 aromatic carbocycles. The number of carbonyl (C=O) groups excluding carboxylic acids is 1. The predicted octanol–water partition coefficient (Wildman–Crippen LogP) is 0.501. The Kier molecular flexibility index (Phi) is 6.97. The van der Waals surface area contributed by atoms with E-state index in [1.165, 1.54) is 0 Å². The monoisotopic (exact) mass is 281 g/mol. The Balaban J connectivity index is 2.45. The van der Waals surface area contributed by atoms with E-state index in [2.05, 4.69) is 10.3 Å². The quantitative estimate of drug-likeness (QED) is 0.678. The van der Waals surface area contributed by atoms with Gasteiger partial charge in [-0.05, 0) is 26.0 Å². The lowest BCUT2D eigenvalue weighted by Crippen LogP contribution is -2.37. The molecule has 0 aliphatic heterocycles. The van der Waals surface area contributed by atoms with Crippen molar-refractivity contribution in [3.05, 3.63) is 24.0 Å². The first-order chi connectivity index (χ1) is 9.52. The summed E-state index contributed by atoms with van der Waals surface area (Å²) in [5.41, 5.74) is 6.61. The van der Waals surface area contributed by atoms with E-state index in [-0.39, 0.29) is 11.9 Å². The molecule has 0 radical (unpaired) electrons. The molecule has 1 aromatic rings. The van der Waals surface area contributed by atoms with Crippen molar-refractivity contribution in [1.82, 2.24) is 10.3 Å². The van der Waals surface area contributed by atoms with Gasteiger partial charge < -0.3 is 20.5 Å². The third-order valence-corrected chi connectivity index (χ3v) is 2.62. The molecule has 0 bridgehead atoms. The van der Waals surface area contributed by atoms with Crippen molar-refractivity contribution < 1.29 is 14.3 Å². The van der Waals surface area contributed by atoms with Crippen molar-refractivity contribution in [2.75, 3.05) is 20.3 Å². The fourth-order valence-electron chi connectivity index (χ4n) is 1.61. The summed E-state index contributed by atoms with van der Waals surface area (Å²) in [6, 6.07) is 3.72. The second-order valence-corrected chi connectivity index (χ2v) is 4.71. The molecule has 1 heterocycles. The van der Waals surface area contributed by atoms with Gasteiger partial charge in [0.05, 0.1) is 12.8 Å². The number of nitrogens with zero attached hydrogens (tertiary/aromatic N) is 1. The van der Waals surface area contributed by atoms with Gasteiger partial charge in [-0.3, -0.25) is 9.78 Å². The number of hydrogen-bond donors (Lipinski definition) is 2. The first-order valence-electron chi connectivity index (χ1n) is 6.66. The zero-order valence-corrected chi connectivity index (χ0v) is 12.3. The number of amides is 1. The van der Waals surface area contributed by atoms with Crippen molar-refractivity contribution >= 4 is 5.91 Å². The van der Waals surface area contributed by atoms with Crippen molar-refractivity contribution in [1.29, 1.82) is 0 Å². The molecule has 3 N–H and O–H groups in total. The number of hydrogen-bond acceptors (Lipinski definition) is 5. The Morgan fingerprint density at radius 1 is 1.45 bits per heavy atom. The third-order valence-electron chi connectivity index (χ3n) is 2.62. The predicted molar refractivity (Wildman–Crippen MR) is 76.6 cm³/mol. The summed E-state index contributed by atoms with van der Waals surface area (Å²) in [4.78, 5) is 16.0. The van der Waals surface area contributed by atoms with Crippen LogP contribution in [0.25, 0.3) is 0 Å². The molecule has 1 rings (SSSR count). The van der Waals surface area contributed by atoms with Gasteiger partial charge >= 0.3 is 0 Å². The smallest absolute Gasteiger partial charge is 0.260 e. The molecule has 6 nitrogen and oxygen atoms in total. The van der Waals surface area contributed by atoms with Gasteiger partial charge in [-0.25, -0.2) is 0 Å².